The van der Waals surface area contributed by atoms with Crippen LogP contribution in [0.4, 0.5) is 0 Å². The van der Waals surface area contributed by atoms with Crippen LogP contribution in [0.1, 0.15) is 6.92 Å². The largest absolute Gasteiger partial charge is 0.481 e. The lowest BCUT2D eigenvalue weighted by Crippen LogP contribution is -2.35. The number of rotatable bonds is 3. The van der Waals surface area contributed by atoms with Crippen molar-refractivity contribution in [2.45, 2.75) is 13.0 Å². The fourth-order valence-electron chi connectivity index (χ4n) is 1.13. The Hall–Kier alpha value is -0.780. The first-order chi connectivity index (χ1) is 7.00. The monoisotopic (exact) mass is 319 g/mol. The van der Waals surface area contributed by atoms with Crippen LogP contribution in [0.15, 0.2) is 24.3 Å². The van der Waals surface area contributed by atoms with Crippen molar-refractivity contribution in [1.29, 1.82) is 0 Å². The van der Waals surface area contributed by atoms with Gasteiger partial charge in [-0.1, -0.05) is 0 Å². The highest BCUT2D eigenvalue weighted by Gasteiger charge is 2.15. The molecule has 15 heavy (non-hydrogen) atoms. The zero-order valence-electron chi connectivity index (χ0n) is 9.03. The molecule has 3 nitrogen and oxygen atoms in total. The molecule has 0 radical (unpaired) electrons. The number of ether oxygens (including phenoxy) is 1. The molecule has 0 fully saturated rings. The standard InChI is InChI=1S/C11H14INO2/c1-8(11(14)13(2)3)15-10-6-4-9(12)5-7-10/h4-8H,1-3H3. The molecular formula is C11H14INO2. The van der Waals surface area contributed by atoms with E-state index >= 15 is 0 Å². The number of halogens is 1. The van der Waals surface area contributed by atoms with Crippen molar-refractivity contribution < 1.29 is 9.53 Å². The minimum absolute atomic E-state index is 0.0337. The predicted octanol–water partition coefficient (Wildman–Crippen LogP) is 2.15. The average molecular weight is 319 g/mol. The molecule has 0 aliphatic carbocycles. The third-order valence-corrected chi connectivity index (χ3v) is 2.63. The number of amides is 1. The number of carbonyl (C=O) groups excluding carboxylic acids is 1. The molecule has 1 amide bonds. The van der Waals surface area contributed by atoms with Crippen LogP contribution in [0.25, 0.3) is 0 Å². The van der Waals surface area contributed by atoms with E-state index in [1.54, 1.807) is 21.0 Å². The topological polar surface area (TPSA) is 29.5 Å². The van der Waals surface area contributed by atoms with Gasteiger partial charge in [0, 0.05) is 17.7 Å². The van der Waals surface area contributed by atoms with Crippen molar-refractivity contribution in [1.82, 2.24) is 4.90 Å². The molecule has 0 aliphatic heterocycles. The molecule has 82 valence electrons. The first-order valence-electron chi connectivity index (χ1n) is 4.64. The molecule has 0 aromatic heterocycles. The maximum atomic E-state index is 11.5. The average Bonchev–Trinajstić information content (AvgIpc) is 2.20. The first-order valence-corrected chi connectivity index (χ1v) is 5.72. The molecular weight excluding hydrogens is 305 g/mol. The van der Waals surface area contributed by atoms with Gasteiger partial charge in [-0.2, -0.15) is 0 Å². The first kappa shape index (κ1) is 12.3. The molecule has 1 aromatic rings. The van der Waals surface area contributed by atoms with Crippen molar-refractivity contribution in [3.8, 4) is 5.75 Å². The highest BCUT2D eigenvalue weighted by molar-refractivity contribution is 14.1. The predicted molar refractivity (Wildman–Crippen MR) is 67.9 cm³/mol. The Kier molecular flexibility index (Phi) is 4.38. The van der Waals surface area contributed by atoms with E-state index < -0.39 is 6.10 Å². The van der Waals surface area contributed by atoms with Gasteiger partial charge in [0.05, 0.1) is 0 Å². The molecule has 1 atom stereocenters. The zero-order chi connectivity index (χ0) is 11.4. The zero-order valence-corrected chi connectivity index (χ0v) is 11.2. The normalized spacial score (nSPS) is 12.0. The fraction of sp³-hybridized carbons (Fsp3) is 0.364. The van der Waals surface area contributed by atoms with Crippen molar-refractivity contribution in [3.05, 3.63) is 27.8 Å². The fourth-order valence-corrected chi connectivity index (χ4v) is 1.49. The van der Waals surface area contributed by atoms with Gasteiger partial charge in [0.2, 0.25) is 0 Å². The van der Waals surface area contributed by atoms with Gasteiger partial charge in [-0.25, -0.2) is 0 Å². The second kappa shape index (κ2) is 5.34. The molecule has 0 saturated heterocycles. The van der Waals surface area contributed by atoms with Crippen molar-refractivity contribution in [2.24, 2.45) is 0 Å². The van der Waals surface area contributed by atoms with E-state index in [0.717, 1.165) is 9.32 Å². The summed E-state index contributed by atoms with van der Waals surface area (Å²) in [6.45, 7) is 1.75. The summed E-state index contributed by atoms with van der Waals surface area (Å²) in [6.07, 6.45) is -0.444. The van der Waals surface area contributed by atoms with E-state index in [4.69, 9.17) is 4.74 Å². The lowest BCUT2D eigenvalue weighted by atomic mass is 10.3. The van der Waals surface area contributed by atoms with E-state index in [1.165, 1.54) is 4.90 Å². The number of carbonyl (C=O) groups is 1. The molecule has 4 heteroatoms. The van der Waals surface area contributed by atoms with Gasteiger partial charge < -0.3 is 9.64 Å². The second-order valence-electron chi connectivity index (χ2n) is 3.45. The number of likely N-dealkylation sites (N-methyl/N-ethyl adjacent to an activating group) is 1. The number of hydrogen-bond donors (Lipinski definition) is 0. The number of hydrogen-bond acceptors (Lipinski definition) is 2. The van der Waals surface area contributed by atoms with Gasteiger partial charge in [-0.3, -0.25) is 4.79 Å². The Labute approximate surface area is 104 Å². The third-order valence-electron chi connectivity index (χ3n) is 1.92. The molecule has 1 unspecified atom stereocenters. The summed E-state index contributed by atoms with van der Waals surface area (Å²) < 4.78 is 6.64. The van der Waals surface area contributed by atoms with Gasteiger partial charge in [0.25, 0.3) is 5.91 Å². The highest BCUT2D eigenvalue weighted by atomic mass is 127. The maximum absolute atomic E-state index is 11.5. The Morgan fingerprint density at radius 3 is 2.33 bits per heavy atom. The Bertz CT molecular complexity index is 335. The summed E-state index contributed by atoms with van der Waals surface area (Å²) in [5.74, 6) is 0.687. The van der Waals surface area contributed by atoms with Crippen LogP contribution in [-0.4, -0.2) is 31.0 Å². The van der Waals surface area contributed by atoms with E-state index in [9.17, 15) is 4.79 Å². The summed E-state index contributed by atoms with van der Waals surface area (Å²) >= 11 is 2.22. The van der Waals surface area contributed by atoms with Crippen LogP contribution in [0, 0.1) is 3.57 Å². The second-order valence-corrected chi connectivity index (χ2v) is 4.69. The van der Waals surface area contributed by atoms with Crippen molar-refractivity contribution in [2.75, 3.05) is 14.1 Å². The van der Waals surface area contributed by atoms with E-state index in [2.05, 4.69) is 22.6 Å². The summed E-state index contributed by atoms with van der Waals surface area (Å²) in [6, 6.07) is 7.62. The van der Waals surface area contributed by atoms with Crippen molar-refractivity contribution >= 4 is 28.5 Å². The molecule has 0 heterocycles. The molecule has 0 saturated carbocycles. The Morgan fingerprint density at radius 2 is 1.87 bits per heavy atom. The summed E-state index contributed by atoms with van der Waals surface area (Å²) in [7, 11) is 3.44. The summed E-state index contributed by atoms with van der Waals surface area (Å²) in [4.78, 5) is 13.0. The van der Waals surface area contributed by atoms with Gasteiger partial charge in [0.1, 0.15) is 5.75 Å². The van der Waals surface area contributed by atoms with E-state index in [0.29, 0.717) is 0 Å². The minimum atomic E-state index is -0.444. The SMILES string of the molecule is CC(Oc1ccc(I)cc1)C(=O)N(C)C. The van der Waals surface area contributed by atoms with Crippen LogP contribution in [0.2, 0.25) is 0 Å². The maximum Gasteiger partial charge on any atom is 0.262 e. The van der Waals surface area contributed by atoms with E-state index in [-0.39, 0.29) is 5.91 Å². The quantitative estimate of drug-likeness (QED) is 0.799. The van der Waals surface area contributed by atoms with Crippen LogP contribution in [0.3, 0.4) is 0 Å². The van der Waals surface area contributed by atoms with Crippen LogP contribution < -0.4 is 4.74 Å². The lowest BCUT2D eigenvalue weighted by molar-refractivity contribution is -0.135. The molecule has 0 bridgehead atoms. The van der Waals surface area contributed by atoms with Crippen molar-refractivity contribution in [3.63, 3.8) is 0 Å². The Balaban J connectivity index is 2.62. The van der Waals surface area contributed by atoms with Crippen LogP contribution >= 0.6 is 22.6 Å². The molecule has 0 N–H and O–H groups in total. The number of benzene rings is 1. The smallest absolute Gasteiger partial charge is 0.262 e. The van der Waals surface area contributed by atoms with Gasteiger partial charge in [-0.15, -0.1) is 0 Å². The third kappa shape index (κ3) is 3.70. The number of nitrogens with zero attached hydrogens (tertiary/aromatic N) is 1. The van der Waals surface area contributed by atoms with E-state index in [1.807, 2.05) is 24.3 Å². The van der Waals surface area contributed by atoms with Gasteiger partial charge >= 0.3 is 0 Å². The molecule has 0 aliphatic rings. The molecule has 1 aromatic carbocycles. The van der Waals surface area contributed by atoms with Crippen LogP contribution in [-0.2, 0) is 4.79 Å². The summed E-state index contributed by atoms with van der Waals surface area (Å²) in [5, 5.41) is 0. The lowest BCUT2D eigenvalue weighted by Gasteiger charge is -2.18. The summed E-state index contributed by atoms with van der Waals surface area (Å²) in [5.41, 5.74) is 0. The Morgan fingerprint density at radius 1 is 1.33 bits per heavy atom. The molecule has 1 rings (SSSR count). The minimum Gasteiger partial charge on any atom is -0.481 e. The van der Waals surface area contributed by atoms with Gasteiger partial charge in [-0.05, 0) is 53.8 Å². The van der Waals surface area contributed by atoms with Gasteiger partial charge in [0.15, 0.2) is 6.10 Å². The molecule has 0 spiro atoms. The highest BCUT2D eigenvalue weighted by Crippen LogP contribution is 2.15. The van der Waals surface area contributed by atoms with Crippen LogP contribution in [0.5, 0.6) is 5.75 Å².